The molecule has 5 heterocycles. The molecule has 0 aromatic carbocycles. The molecule has 0 unspecified atom stereocenters. The zero-order valence-electron chi connectivity index (χ0n) is 24.8. The molecule has 1 saturated carbocycles. The topological polar surface area (TPSA) is 109 Å². The van der Waals surface area contributed by atoms with E-state index in [9.17, 15) is 40.3 Å². The first-order valence-corrected chi connectivity index (χ1v) is 15.2. The fourth-order valence-electron chi connectivity index (χ4n) is 6.60. The molecule has 3 aromatic heterocycles. The third-order valence-electron chi connectivity index (χ3n) is 9.16. The Morgan fingerprint density at radius 1 is 1.15 bits per heavy atom. The maximum atomic E-state index is 14.1. The summed E-state index contributed by atoms with van der Waals surface area (Å²) in [4.78, 5) is 31.9. The molecule has 0 radical (unpaired) electrons. The second-order valence-electron chi connectivity index (χ2n) is 12.5. The number of piperidine rings is 1. The lowest BCUT2D eigenvalue weighted by atomic mass is 9.81. The number of hydrogen-bond donors (Lipinski definition) is 2. The van der Waals surface area contributed by atoms with E-state index >= 15 is 0 Å². The normalized spacial score (nSPS) is 24.0. The van der Waals surface area contributed by atoms with Gasteiger partial charge < -0.3 is 15.5 Å². The number of nitrogens with zero attached hydrogens (tertiary/aromatic N) is 6. The summed E-state index contributed by atoms with van der Waals surface area (Å²) in [6.07, 6.45) is -2.83. The van der Waals surface area contributed by atoms with Crippen LogP contribution >= 0.6 is 0 Å². The highest BCUT2D eigenvalue weighted by molar-refractivity contribution is 5.92. The quantitative estimate of drug-likeness (QED) is 0.344. The maximum absolute atomic E-state index is 14.1. The van der Waals surface area contributed by atoms with Crippen molar-refractivity contribution >= 4 is 23.1 Å². The lowest BCUT2D eigenvalue weighted by Gasteiger charge is -2.41. The molecule has 2 saturated heterocycles. The first-order valence-electron chi connectivity index (χ1n) is 15.2. The van der Waals surface area contributed by atoms with Crippen molar-refractivity contribution in [2.24, 2.45) is 17.8 Å². The van der Waals surface area contributed by atoms with Crippen LogP contribution in [0.25, 0.3) is 5.65 Å². The summed E-state index contributed by atoms with van der Waals surface area (Å²) in [5.41, 5.74) is 1.11. The molecule has 17 heteroatoms. The smallest absolute Gasteiger partial charge is 0.358 e. The lowest BCUT2D eigenvalue weighted by molar-refractivity contribution is -0.183. The summed E-state index contributed by atoms with van der Waals surface area (Å²) in [6.45, 7) is 0.390. The van der Waals surface area contributed by atoms with E-state index < -0.39 is 79.7 Å². The van der Waals surface area contributed by atoms with Gasteiger partial charge in [-0.15, -0.1) is 0 Å². The van der Waals surface area contributed by atoms with Crippen molar-refractivity contribution in [1.29, 1.82) is 0 Å². The summed E-state index contributed by atoms with van der Waals surface area (Å²) in [5, 5.41) is 13.9. The van der Waals surface area contributed by atoms with Crippen molar-refractivity contribution < 1.29 is 40.3 Å². The van der Waals surface area contributed by atoms with Gasteiger partial charge >= 0.3 is 6.18 Å². The predicted molar refractivity (Wildman–Crippen MR) is 150 cm³/mol. The highest BCUT2D eigenvalue weighted by Crippen LogP contribution is 2.42. The van der Waals surface area contributed by atoms with E-state index in [0.717, 1.165) is 0 Å². The summed E-state index contributed by atoms with van der Waals surface area (Å²) in [6, 6.07) is 2.19. The summed E-state index contributed by atoms with van der Waals surface area (Å²) < 4.78 is 99.3. The standard InChI is InChI=1S/C29H33F7N8O2/c1-2-43-21(5-8-38-43)26(46)40-24(16-3-6-27(30,31)7-4-16)20-13-44-23(39-20)11-22(42-14-28(32,33)15-42)19(41-44)10-17-9-18(29(34,35)36)12-37-25(17)45/h5,8,11,13,16-18,24H,2-4,6-7,9-10,12,14-15H2,1H3,(H,37,45)(H,40,46)/t17-,18-,24+/m1/s1. The summed E-state index contributed by atoms with van der Waals surface area (Å²) in [7, 11) is 0. The molecule has 1 aliphatic carbocycles. The van der Waals surface area contributed by atoms with Gasteiger partial charge in [0.1, 0.15) is 5.69 Å². The van der Waals surface area contributed by atoms with Crippen molar-refractivity contribution in [3.8, 4) is 0 Å². The minimum absolute atomic E-state index is 0.100. The Hall–Kier alpha value is -3.92. The van der Waals surface area contributed by atoms with Crippen LogP contribution < -0.4 is 15.5 Å². The van der Waals surface area contributed by atoms with E-state index in [2.05, 4.69) is 25.8 Å². The number of fused-ring (bicyclic) bond motifs is 1. The molecular formula is C29H33F7N8O2. The summed E-state index contributed by atoms with van der Waals surface area (Å²) >= 11 is 0. The minimum Gasteiger partial charge on any atom is -0.358 e. The van der Waals surface area contributed by atoms with Gasteiger partial charge in [0.15, 0.2) is 5.65 Å². The largest absolute Gasteiger partial charge is 0.393 e. The molecule has 2 N–H and O–H groups in total. The van der Waals surface area contributed by atoms with Crippen molar-refractivity contribution in [1.82, 2.24) is 35.0 Å². The van der Waals surface area contributed by atoms with E-state index in [-0.39, 0.29) is 54.8 Å². The maximum Gasteiger partial charge on any atom is 0.393 e. The highest BCUT2D eigenvalue weighted by Gasteiger charge is 2.47. The van der Waals surface area contributed by atoms with Crippen molar-refractivity contribution in [3.63, 3.8) is 0 Å². The van der Waals surface area contributed by atoms with Crippen molar-refractivity contribution in [2.45, 2.75) is 76.1 Å². The average Bonchev–Trinajstić information content (AvgIpc) is 3.62. The number of carbonyl (C=O) groups is 2. The van der Waals surface area contributed by atoms with Crippen LogP contribution in [-0.4, -0.2) is 73.8 Å². The molecule has 10 nitrogen and oxygen atoms in total. The van der Waals surface area contributed by atoms with Crippen LogP contribution in [0.3, 0.4) is 0 Å². The van der Waals surface area contributed by atoms with Gasteiger partial charge in [-0.25, -0.2) is 27.1 Å². The SMILES string of the molecule is CCn1nccc1C(=O)N[C@H](c1cn2nc(C[C@H]3C[C@@H](C(F)(F)F)CNC3=O)c(N3CC(F)(F)C3)cc2n1)C1CCC(F)(F)CC1. The van der Waals surface area contributed by atoms with Crippen molar-refractivity contribution in [3.05, 3.63) is 41.6 Å². The molecule has 3 fully saturated rings. The number of aryl methyl sites for hydroxylation is 1. The Balaban J connectivity index is 1.35. The predicted octanol–water partition coefficient (Wildman–Crippen LogP) is 4.55. The zero-order valence-corrected chi connectivity index (χ0v) is 24.8. The van der Waals surface area contributed by atoms with Gasteiger partial charge in [0.2, 0.25) is 11.8 Å². The Morgan fingerprint density at radius 3 is 2.52 bits per heavy atom. The molecule has 46 heavy (non-hydrogen) atoms. The molecule has 2 aliphatic heterocycles. The van der Waals surface area contributed by atoms with Crippen LogP contribution in [0, 0.1) is 17.8 Å². The second-order valence-corrected chi connectivity index (χ2v) is 12.5. The lowest BCUT2D eigenvalue weighted by Crippen LogP contribution is -2.56. The molecule has 3 atom stereocenters. The molecule has 0 spiro atoms. The average molecular weight is 659 g/mol. The number of nitrogens with one attached hydrogen (secondary N) is 2. The van der Waals surface area contributed by atoms with Gasteiger partial charge in [-0.05, 0) is 38.2 Å². The number of halogens is 7. The Labute approximate surface area is 258 Å². The van der Waals surface area contributed by atoms with Gasteiger partial charge in [0.25, 0.3) is 11.8 Å². The van der Waals surface area contributed by atoms with E-state index in [1.807, 2.05) is 6.92 Å². The van der Waals surface area contributed by atoms with E-state index in [0.29, 0.717) is 12.2 Å². The van der Waals surface area contributed by atoms with Gasteiger partial charge in [-0.3, -0.25) is 14.3 Å². The molecule has 6 rings (SSSR count). The van der Waals surface area contributed by atoms with Gasteiger partial charge in [-0.2, -0.15) is 23.4 Å². The highest BCUT2D eigenvalue weighted by atomic mass is 19.4. The number of carbonyl (C=O) groups excluding carboxylic acids is 2. The van der Waals surface area contributed by atoms with Crippen LogP contribution in [0.1, 0.15) is 66.9 Å². The fourth-order valence-corrected chi connectivity index (χ4v) is 6.60. The first-order chi connectivity index (χ1) is 21.6. The van der Waals surface area contributed by atoms with E-state index in [1.165, 1.54) is 38.6 Å². The Bertz CT molecular complexity index is 1600. The zero-order chi connectivity index (χ0) is 33.0. The van der Waals surface area contributed by atoms with Crippen LogP contribution in [0.15, 0.2) is 24.5 Å². The number of imidazole rings is 1. The molecule has 2 amide bonds. The monoisotopic (exact) mass is 658 g/mol. The number of hydrogen-bond acceptors (Lipinski definition) is 6. The van der Waals surface area contributed by atoms with E-state index in [4.69, 9.17) is 0 Å². The molecule has 3 aliphatic rings. The molecule has 0 bridgehead atoms. The van der Waals surface area contributed by atoms with Crippen LogP contribution in [0.5, 0.6) is 0 Å². The third kappa shape index (κ3) is 6.49. The Kier molecular flexibility index (Phi) is 8.15. The van der Waals surface area contributed by atoms with Crippen molar-refractivity contribution in [2.75, 3.05) is 24.5 Å². The molecule has 3 aromatic rings. The van der Waals surface area contributed by atoms with Crippen LogP contribution in [0.2, 0.25) is 0 Å². The molecule has 250 valence electrons. The second kappa shape index (κ2) is 11.7. The fraction of sp³-hybridized carbons (Fsp3) is 0.621. The number of anilines is 1. The molecular weight excluding hydrogens is 625 g/mol. The number of rotatable bonds is 8. The van der Waals surface area contributed by atoms with Gasteiger partial charge in [-0.1, -0.05) is 0 Å². The van der Waals surface area contributed by atoms with E-state index in [1.54, 1.807) is 0 Å². The van der Waals surface area contributed by atoms with Gasteiger partial charge in [0, 0.05) is 50.5 Å². The minimum atomic E-state index is -4.53. The number of aromatic nitrogens is 5. The van der Waals surface area contributed by atoms with Gasteiger partial charge in [0.05, 0.1) is 48.3 Å². The third-order valence-corrected chi connectivity index (χ3v) is 9.16. The Morgan fingerprint density at radius 2 is 1.87 bits per heavy atom. The van der Waals surface area contributed by atoms with Crippen LogP contribution in [0.4, 0.5) is 36.4 Å². The number of amides is 2. The first kappa shape index (κ1) is 32.0. The number of alkyl halides is 7. The summed E-state index contributed by atoms with van der Waals surface area (Å²) in [5.74, 6) is -10.1. The van der Waals surface area contributed by atoms with Crippen LogP contribution in [-0.2, 0) is 17.8 Å².